The molecule has 0 aromatic heterocycles. The van der Waals surface area contributed by atoms with Crippen molar-refractivity contribution in [1.82, 2.24) is 5.32 Å². The maximum Gasteiger partial charge on any atom is 0.115 e. The van der Waals surface area contributed by atoms with Crippen LogP contribution in [0, 0.1) is 11.3 Å². The lowest BCUT2D eigenvalue weighted by Gasteiger charge is -2.21. The first-order valence-electron chi connectivity index (χ1n) is 8.35. The van der Waals surface area contributed by atoms with Gasteiger partial charge in [-0.1, -0.05) is 103 Å². The fraction of sp³-hybridized carbons (Fsp3) is 0.0870. The maximum atomic E-state index is 9.58. The van der Waals surface area contributed by atoms with Gasteiger partial charge in [-0.25, -0.2) is 0 Å². The van der Waals surface area contributed by atoms with Crippen molar-refractivity contribution in [2.45, 2.75) is 12.1 Å². The zero-order valence-corrected chi connectivity index (χ0v) is 13.9. The summed E-state index contributed by atoms with van der Waals surface area (Å²) in [5, 5.41) is 13.0. The zero-order chi connectivity index (χ0) is 17.3. The molecule has 2 heteroatoms. The van der Waals surface area contributed by atoms with Crippen LogP contribution in [0.15, 0.2) is 97.1 Å². The van der Waals surface area contributed by atoms with E-state index in [1.165, 1.54) is 0 Å². The third-order valence-corrected chi connectivity index (χ3v) is 4.03. The average Bonchev–Trinajstić information content (AvgIpc) is 2.70. The van der Waals surface area contributed by atoms with Gasteiger partial charge in [-0.05, 0) is 16.7 Å². The average molecular weight is 324 g/mol. The monoisotopic (exact) mass is 324 g/mol. The molecule has 0 saturated carbocycles. The number of rotatable bonds is 6. The summed E-state index contributed by atoms with van der Waals surface area (Å²) < 4.78 is 0. The Bertz CT molecular complexity index is 794. The van der Waals surface area contributed by atoms with Crippen LogP contribution in [-0.4, -0.2) is 6.04 Å². The summed E-state index contributed by atoms with van der Waals surface area (Å²) in [7, 11) is 0. The largest absolute Gasteiger partial charge is 0.288 e. The summed E-state index contributed by atoms with van der Waals surface area (Å²) in [6.07, 6.45) is 3.89. The Labute approximate surface area is 149 Å². The minimum Gasteiger partial charge on any atom is -0.288 e. The normalized spacial score (nSPS) is 12.2. The van der Waals surface area contributed by atoms with Crippen molar-refractivity contribution >= 4 is 6.08 Å². The molecule has 0 spiro atoms. The number of hydrogen-bond acceptors (Lipinski definition) is 2. The van der Waals surface area contributed by atoms with Gasteiger partial charge in [0.15, 0.2) is 0 Å². The van der Waals surface area contributed by atoms with Crippen molar-refractivity contribution < 1.29 is 0 Å². The van der Waals surface area contributed by atoms with E-state index in [2.05, 4.69) is 35.7 Å². The number of nitrogens with zero attached hydrogens (tertiary/aromatic N) is 1. The van der Waals surface area contributed by atoms with Crippen LogP contribution in [0.4, 0.5) is 0 Å². The van der Waals surface area contributed by atoms with Crippen LogP contribution in [0.5, 0.6) is 0 Å². The van der Waals surface area contributed by atoms with Gasteiger partial charge in [0, 0.05) is 0 Å². The van der Waals surface area contributed by atoms with Crippen LogP contribution in [0.1, 0.15) is 22.7 Å². The second kappa shape index (κ2) is 8.63. The Kier molecular flexibility index (Phi) is 5.77. The Balaban J connectivity index is 1.84. The molecule has 3 rings (SSSR count). The van der Waals surface area contributed by atoms with Crippen LogP contribution in [0.2, 0.25) is 0 Å². The van der Waals surface area contributed by atoms with Crippen molar-refractivity contribution in [1.29, 1.82) is 5.26 Å². The Morgan fingerprint density at radius 2 is 1.20 bits per heavy atom. The molecule has 0 unspecified atom stereocenters. The van der Waals surface area contributed by atoms with Crippen molar-refractivity contribution in [3.63, 3.8) is 0 Å². The summed E-state index contributed by atoms with van der Waals surface area (Å²) in [5.74, 6) is 0. The third kappa shape index (κ3) is 4.67. The molecule has 0 aliphatic heterocycles. The number of hydrogen-bond donors (Lipinski definition) is 1. The van der Waals surface area contributed by atoms with E-state index in [0.717, 1.165) is 16.7 Å². The fourth-order valence-corrected chi connectivity index (χ4v) is 2.76. The van der Waals surface area contributed by atoms with Gasteiger partial charge in [0.25, 0.3) is 0 Å². The van der Waals surface area contributed by atoms with Gasteiger partial charge in [0.1, 0.15) is 6.04 Å². The summed E-state index contributed by atoms with van der Waals surface area (Å²) in [4.78, 5) is 0. The van der Waals surface area contributed by atoms with Crippen molar-refractivity contribution in [3.05, 3.63) is 114 Å². The molecular weight excluding hydrogens is 304 g/mol. The summed E-state index contributed by atoms with van der Waals surface area (Å²) in [6, 6.07) is 32.4. The standard InChI is InChI=1S/C23H20N2/c24-18-22(17-16-19-10-4-1-5-11-19)25-23(20-12-6-2-7-13-20)21-14-8-3-9-15-21/h1-17,22-23,25H/b17-16+/t22-/m0/s1. The number of nitrogens with one attached hydrogen (secondary N) is 1. The van der Waals surface area contributed by atoms with Gasteiger partial charge < -0.3 is 0 Å². The Morgan fingerprint density at radius 1 is 0.720 bits per heavy atom. The van der Waals surface area contributed by atoms with Crippen molar-refractivity contribution in [2.24, 2.45) is 0 Å². The Morgan fingerprint density at radius 3 is 1.68 bits per heavy atom. The zero-order valence-electron chi connectivity index (χ0n) is 13.9. The highest BCUT2D eigenvalue weighted by molar-refractivity contribution is 5.50. The van der Waals surface area contributed by atoms with Crippen LogP contribution in [-0.2, 0) is 0 Å². The van der Waals surface area contributed by atoms with E-state index in [1.54, 1.807) is 0 Å². The molecule has 0 saturated heterocycles. The van der Waals surface area contributed by atoms with Crippen LogP contribution in [0.3, 0.4) is 0 Å². The molecule has 0 aliphatic rings. The molecular formula is C23H20N2. The predicted octanol–water partition coefficient (Wildman–Crippen LogP) is 4.97. The first-order chi connectivity index (χ1) is 12.4. The molecule has 3 aromatic carbocycles. The summed E-state index contributed by atoms with van der Waals surface area (Å²) in [6.45, 7) is 0. The highest BCUT2D eigenvalue weighted by Crippen LogP contribution is 2.22. The number of nitriles is 1. The molecule has 0 radical (unpaired) electrons. The summed E-state index contributed by atoms with van der Waals surface area (Å²) in [5.41, 5.74) is 3.37. The quantitative estimate of drug-likeness (QED) is 0.695. The van der Waals surface area contributed by atoms with Crippen LogP contribution < -0.4 is 5.32 Å². The molecule has 3 aromatic rings. The van der Waals surface area contributed by atoms with Gasteiger partial charge in [-0.3, -0.25) is 5.32 Å². The molecule has 2 nitrogen and oxygen atoms in total. The molecule has 0 fully saturated rings. The molecule has 0 aliphatic carbocycles. The first-order valence-corrected chi connectivity index (χ1v) is 8.35. The number of benzene rings is 3. The van der Waals surface area contributed by atoms with Gasteiger partial charge >= 0.3 is 0 Å². The molecule has 1 atom stereocenters. The maximum absolute atomic E-state index is 9.58. The smallest absolute Gasteiger partial charge is 0.115 e. The van der Waals surface area contributed by atoms with E-state index in [-0.39, 0.29) is 12.1 Å². The molecule has 0 heterocycles. The van der Waals surface area contributed by atoms with E-state index in [0.29, 0.717) is 0 Å². The van der Waals surface area contributed by atoms with Crippen LogP contribution >= 0.6 is 0 Å². The van der Waals surface area contributed by atoms with Gasteiger partial charge in [0.2, 0.25) is 0 Å². The fourth-order valence-electron chi connectivity index (χ4n) is 2.76. The van der Waals surface area contributed by atoms with E-state index in [9.17, 15) is 5.26 Å². The minimum absolute atomic E-state index is 0.0347. The van der Waals surface area contributed by atoms with E-state index in [1.807, 2.05) is 78.9 Å². The van der Waals surface area contributed by atoms with Gasteiger partial charge in [0.05, 0.1) is 12.1 Å². The van der Waals surface area contributed by atoms with Crippen LogP contribution in [0.25, 0.3) is 6.08 Å². The highest BCUT2D eigenvalue weighted by atomic mass is 14.9. The minimum atomic E-state index is -0.384. The molecule has 122 valence electrons. The van der Waals surface area contributed by atoms with E-state index < -0.39 is 0 Å². The topological polar surface area (TPSA) is 35.8 Å². The van der Waals surface area contributed by atoms with E-state index >= 15 is 0 Å². The lowest BCUT2D eigenvalue weighted by Crippen LogP contribution is -2.31. The lowest BCUT2D eigenvalue weighted by molar-refractivity contribution is 0.600. The highest BCUT2D eigenvalue weighted by Gasteiger charge is 2.16. The molecule has 0 amide bonds. The molecule has 0 bridgehead atoms. The molecule has 25 heavy (non-hydrogen) atoms. The van der Waals surface area contributed by atoms with Crippen molar-refractivity contribution in [2.75, 3.05) is 0 Å². The summed E-state index contributed by atoms with van der Waals surface area (Å²) >= 11 is 0. The van der Waals surface area contributed by atoms with E-state index in [4.69, 9.17) is 0 Å². The van der Waals surface area contributed by atoms with Gasteiger partial charge in [-0.15, -0.1) is 0 Å². The Hall–Kier alpha value is -3.15. The SMILES string of the molecule is N#C[C@H](/C=C/c1ccccc1)NC(c1ccccc1)c1ccccc1. The van der Waals surface area contributed by atoms with Gasteiger partial charge in [-0.2, -0.15) is 5.26 Å². The predicted molar refractivity (Wildman–Crippen MR) is 103 cm³/mol. The second-order valence-corrected chi connectivity index (χ2v) is 5.80. The third-order valence-electron chi connectivity index (χ3n) is 4.03. The second-order valence-electron chi connectivity index (χ2n) is 5.80. The van der Waals surface area contributed by atoms with Crippen molar-refractivity contribution in [3.8, 4) is 6.07 Å². The first kappa shape index (κ1) is 16.7. The molecule has 1 N–H and O–H groups in total. The lowest BCUT2D eigenvalue weighted by atomic mass is 9.98.